The lowest BCUT2D eigenvalue weighted by molar-refractivity contribution is 0.0764. The van der Waals surface area contributed by atoms with Crippen LogP contribution in [0.15, 0.2) is 33.9 Å². The molecule has 2 aromatic heterocycles. The van der Waals surface area contributed by atoms with Crippen molar-refractivity contribution in [3.05, 3.63) is 41.4 Å². The van der Waals surface area contributed by atoms with Crippen molar-refractivity contribution in [2.24, 2.45) is 0 Å². The van der Waals surface area contributed by atoms with Gasteiger partial charge in [0.05, 0.1) is 11.3 Å². The Morgan fingerprint density at radius 1 is 1.43 bits per heavy atom. The van der Waals surface area contributed by atoms with Crippen LogP contribution in [0, 0.1) is 6.92 Å². The Hall–Kier alpha value is -1.47. The molecule has 0 saturated carbocycles. The van der Waals surface area contributed by atoms with Crippen LogP contribution < -0.4 is 0 Å². The zero-order chi connectivity index (χ0) is 16.1. The van der Waals surface area contributed by atoms with E-state index in [0.717, 1.165) is 47.5 Å². The number of thioether (sulfide) groups is 2. The summed E-state index contributed by atoms with van der Waals surface area (Å²) in [4.78, 5) is 19.2. The third-order valence-electron chi connectivity index (χ3n) is 3.54. The number of nitrogens with zero attached hydrogens (tertiary/aromatic N) is 3. The highest BCUT2D eigenvalue weighted by Gasteiger charge is 2.21. The molecule has 1 aliphatic rings. The van der Waals surface area contributed by atoms with E-state index in [2.05, 4.69) is 10.1 Å². The van der Waals surface area contributed by atoms with Crippen molar-refractivity contribution in [1.29, 1.82) is 0 Å². The van der Waals surface area contributed by atoms with Gasteiger partial charge in [0.1, 0.15) is 10.8 Å². The molecular weight excluding hydrogens is 330 g/mol. The highest BCUT2D eigenvalue weighted by atomic mass is 32.2. The summed E-state index contributed by atoms with van der Waals surface area (Å²) in [5, 5.41) is 4.75. The number of aryl methyl sites for hydroxylation is 1. The lowest BCUT2D eigenvalue weighted by Gasteiger charge is -2.20. The molecule has 3 heterocycles. The number of hydrogen-bond acceptors (Lipinski definition) is 6. The van der Waals surface area contributed by atoms with Gasteiger partial charge in [-0.25, -0.2) is 4.98 Å². The van der Waals surface area contributed by atoms with E-state index in [-0.39, 0.29) is 5.91 Å². The van der Waals surface area contributed by atoms with Gasteiger partial charge in [-0.15, -0.1) is 0 Å². The molecule has 0 spiro atoms. The van der Waals surface area contributed by atoms with Crippen LogP contribution >= 0.6 is 23.5 Å². The van der Waals surface area contributed by atoms with Gasteiger partial charge in [-0.1, -0.05) is 16.9 Å². The van der Waals surface area contributed by atoms with Crippen molar-refractivity contribution in [3.8, 4) is 0 Å². The monoisotopic (exact) mass is 349 g/mol. The van der Waals surface area contributed by atoms with Crippen molar-refractivity contribution in [1.82, 2.24) is 15.0 Å². The molecule has 0 unspecified atom stereocenters. The number of amides is 1. The molecule has 0 aliphatic carbocycles. The second-order valence-electron chi connectivity index (χ2n) is 5.33. The first-order valence-corrected chi connectivity index (χ1v) is 9.75. The number of carbonyl (C=O) groups excluding carboxylic acids is 1. The third kappa shape index (κ3) is 4.29. The topological polar surface area (TPSA) is 59.2 Å². The highest BCUT2D eigenvalue weighted by Crippen LogP contribution is 2.25. The average molecular weight is 349 g/mol. The minimum absolute atomic E-state index is 0.0828. The Kier molecular flexibility index (Phi) is 5.61. The van der Waals surface area contributed by atoms with Gasteiger partial charge in [0.25, 0.3) is 5.91 Å². The van der Waals surface area contributed by atoms with E-state index in [9.17, 15) is 4.79 Å². The number of carbonyl (C=O) groups is 1. The predicted molar refractivity (Wildman–Crippen MR) is 92.9 cm³/mol. The molecule has 1 fully saturated rings. The molecule has 7 heteroatoms. The van der Waals surface area contributed by atoms with Crippen molar-refractivity contribution in [2.45, 2.75) is 24.1 Å². The molecule has 5 nitrogen and oxygen atoms in total. The van der Waals surface area contributed by atoms with E-state index in [4.69, 9.17) is 4.52 Å². The SMILES string of the molecule is Cc1cc(CSc2ncccc2C(=O)N2CCCSCC2)no1. The fourth-order valence-corrected chi connectivity index (χ4v) is 4.17. The number of pyridine rings is 1. The van der Waals surface area contributed by atoms with Crippen LogP contribution in [0.5, 0.6) is 0 Å². The fraction of sp³-hybridized carbons (Fsp3) is 0.438. The van der Waals surface area contributed by atoms with Gasteiger partial charge in [0.2, 0.25) is 0 Å². The van der Waals surface area contributed by atoms with Gasteiger partial charge in [-0.05, 0) is 31.2 Å². The Balaban J connectivity index is 1.72. The maximum atomic E-state index is 12.8. The van der Waals surface area contributed by atoms with E-state index in [1.165, 1.54) is 11.8 Å². The maximum absolute atomic E-state index is 12.8. The quantitative estimate of drug-likeness (QED) is 0.790. The van der Waals surface area contributed by atoms with Crippen LogP contribution in [-0.2, 0) is 5.75 Å². The summed E-state index contributed by atoms with van der Waals surface area (Å²) in [6, 6.07) is 5.59. The van der Waals surface area contributed by atoms with E-state index in [0.29, 0.717) is 11.3 Å². The van der Waals surface area contributed by atoms with Gasteiger partial charge >= 0.3 is 0 Å². The van der Waals surface area contributed by atoms with E-state index in [1.807, 2.05) is 41.8 Å². The van der Waals surface area contributed by atoms with E-state index in [1.54, 1.807) is 6.20 Å². The second-order valence-corrected chi connectivity index (χ2v) is 7.52. The molecule has 122 valence electrons. The Morgan fingerprint density at radius 2 is 2.35 bits per heavy atom. The number of rotatable bonds is 4. The Labute approximate surface area is 144 Å². The first-order valence-electron chi connectivity index (χ1n) is 7.61. The van der Waals surface area contributed by atoms with Crippen LogP contribution in [0.2, 0.25) is 0 Å². The summed E-state index contributed by atoms with van der Waals surface area (Å²) >= 11 is 3.44. The van der Waals surface area contributed by atoms with Crippen molar-refractivity contribution < 1.29 is 9.32 Å². The molecule has 0 bridgehead atoms. The highest BCUT2D eigenvalue weighted by molar-refractivity contribution is 7.99. The predicted octanol–water partition coefficient (Wildman–Crippen LogP) is 3.25. The van der Waals surface area contributed by atoms with Gasteiger partial charge in [-0.2, -0.15) is 11.8 Å². The van der Waals surface area contributed by atoms with Crippen LogP contribution in [0.1, 0.15) is 28.2 Å². The lowest BCUT2D eigenvalue weighted by atomic mass is 10.2. The summed E-state index contributed by atoms with van der Waals surface area (Å²) < 4.78 is 5.08. The second kappa shape index (κ2) is 7.88. The van der Waals surface area contributed by atoms with E-state index >= 15 is 0 Å². The Bertz CT molecular complexity index is 667. The average Bonchev–Trinajstić information content (AvgIpc) is 2.82. The van der Waals surface area contributed by atoms with Crippen molar-refractivity contribution in [2.75, 3.05) is 24.6 Å². The number of aromatic nitrogens is 2. The molecule has 1 aliphatic heterocycles. The standard InChI is InChI=1S/C16H19N3O2S2/c1-12-10-13(18-21-12)11-23-15-14(4-2-5-17-15)16(20)19-6-3-8-22-9-7-19/h2,4-5,10H,3,6-9,11H2,1H3. The zero-order valence-corrected chi connectivity index (χ0v) is 14.7. The van der Waals surface area contributed by atoms with Gasteiger partial charge in [0.15, 0.2) is 0 Å². The van der Waals surface area contributed by atoms with Crippen molar-refractivity contribution in [3.63, 3.8) is 0 Å². The molecule has 2 aromatic rings. The van der Waals surface area contributed by atoms with Gasteiger partial charge in [0, 0.05) is 36.9 Å². The smallest absolute Gasteiger partial charge is 0.256 e. The normalized spacial score (nSPS) is 15.4. The Morgan fingerprint density at radius 3 is 3.17 bits per heavy atom. The van der Waals surface area contributed by atoms with E-state index < -0.39 is 0 Å². The summed E-state index contributed by atoms with van der Waals surface area (Å²) in [7, 11) is 0. The lowest BCUT2D eigenvalue weighted by Crippen LogP contribution is -2.33. The summed E-state index contributed by atoms with van der Waals surface area (Å²) in [6.45, 7) is 3.51. The molecular formula is C16H19N3O2S2. The first kappa shape index (κ1) is 16.4. The van der Waals surface area contributed by atoms with Crippen molar-refractivity contribution >= 4 is 29.4 Å². The summed E-state index contributed by atoms with van der Waals surface area (Å²) in [6.07, 6.45) is 2.78. The minimum atomic E-state index is 0.0828. The molecule has 0 N–H and O–H groups in total. The molecule has 1 saturated heterocycles. The van der Waals surface area contributed by atoms with Crippen LogP contribution in [0.3, 0.4) is 0 Å². The fourth-order valence-electron chi connectivity index (χ4n) is 2.42. The number of hydrogen-bond donors (Lipinski definition) is 0. The van der Waals surface area contributed by atoms with Crippen LogP contribution in [-0.4, -0.2) is 45.5 Å². The largest absolute Gasteiger partial charge is 0.361 e. The summed E-state index contributed by atoms with van der Waals surface area (Å²) in [5.41, 5.74) is 1.55. The molecule has 23 heavy (non-hydrogen) atoms. The molecule has 1 amide bonds. The van der Waals surface area contributed by atoms with Gasteiger partial charge < -0.3 is 9.42 Å². The third-order valence-corrected chi connectivity index (χ3v) is 5.63. The maximum Gasteiger partial charge on any atom is 0.256 e. The zero-order valence-electron chi connectivity index (χ0n) is 13.0. The molecule has 3 rings (SSSR count). The molecule has 0 atom stereocenters. The van der Waals surface area contributed by atoms with Crippen LogP contribution in [0.4, 0.5) is 0 Å². The molecule has 0 aromatic carbocycles. The first-order chi connectivity index (χ1) is 11.2. The summed E-state index contributed by atoms with van der Waals surface area (Å²) in [5.74, 6) is 3.65. The van der Waals surface area contributed by atoms with Crippen LogP contribution in [0.25, 0.3) is 0 Å². The van der Waals surface area contributed by atoms with Gasteiger partial charge in [-0.3, -0.25) is 4.79 Å². The minimum Gasteiger partial charge on any atom is -0.361 e. The molecule has 0 radical (unpaired) electrons.